The molecule has 1 radical (unpaired) electrons. The Labute approximate surface area is 73.4 Å². The van der Waals surface area contributed by atoms with Crippen LogP contribution in [-0.4, -0.2) is 5.71 Å². The van der Waals surface area contributed by atoms with Crippen molar-refractivity contribution in [2.75, 3.05) is 0 Å². The van der Waals surface area contributed by atoms with Gasteiger partial charge >= 0.3 is 0 Å². The van der Waals surface area contributed by atoms with Crippen LogP contribution in [0.3, 0.4) is 0 Å². The van der Waals surface area contributed by atoms with Crippen molar-refractivity contribution in [3.8, 4) is 0 Å². The van der Waals surface area contributed by atoms with E-state index in [9.17, 15) is 0 Å². The Balaban J connectivity index is 2.64. The van der Waals surface area contributed by atoms with Gasteiger partial charge in [-0.2, -0.15) is 5.10 Å². The van der Waals surface area contributed by atoms with Crippen molar-refractivity contribution in [3.63, 3.8) is 0 Å². The summed E-state index contributed by atoms with van der Waals surface area (Å²) in [7, 11) is 0. The Bertz CT molecular complexity index is 331. The highest BCUT2D eigenvalue weighted by molar-refractivity contribution is 9.10. The highest BCUT2D eigenvalue weighted by Gasteiger charge is 2.15. The third-order valence-electron chi connectivity index (χ3n) is 1.68. The first-order valence-corrected chi connectivity index (χ1v) is 4.12. The predicted molar refractivity (Wildman–Crippen MR) is 48.1 cm³/mol. The van der Waals surface area contributed by atoms with Gasteiger partial charge < -0.3 is 0 Å². The van der Waals surface area contributed by atoms with Crippen LogP contribution in [0, 0.1) is 0 Å². The van der Waals surface area contributed by atoms with Crippen LogP contribution < -0.4 is 5.43 Å². The number of hydrogen-bond acceptors (Lipinski definition) is 1. The van der Waals surface area contributed by atoms with E-state index in [0.29, 0.717) is 0 Å². The zero-order valence-corrected chi connectivity index (χ0v) is 7.59. The summed E-state index contributed by atoms with van der Waals surface area (Å²) < 4.78 is 1.01. The van der Waals surface area contributed by atoms with E-state index in [0.717, 1.165) is 21.4 Å². The lowest BCUT2D eigenvalue weighted by atomic mass is 10.1. The van der Waals surface area contributed by atoms with E-state index < -0.39 is 0 Å². The van der Waals surface area contributed by atoms with Crippen LogP contribution in [0.4, 0.5) is 5.69 Å². The lowest BCUT2D eigenvalue weighted by Crippen LogP contribution is -1.87. The number of fused-ring (bicyclic) bond motifs is 1. The van der Waals surface area contributed by atoms with Gasteiger partial charge in [0.25, 0.3) is 0 Å². The molecule has 0 unspecified atom stereocenters. The van der Waals surface area contributed by atoms with Crippen LogP contribution in [0.1, 0.15) is 12.5 Å². The first-order chi connectivity index (χ1) is 5.29. The van der Waals surface area contributed by atoms with Crippen LogP contribution in [0.25, 0.3) is 0 Å². The molecule has 1 aliphatic heterocycles. The van der Waals surface area contributed by atoms with Crippen LogP contribution in [-0.2, 0) is 0 Å². The molecule has 0 N–H and O–H groups in total. The van der Waals surface area contributed by atoms with E-state index in [1.54, 1.807) is 0 Å². The second-order valence-electron chi connectivity index (χ2n) is 2.42. The Kier molecular flexibility index (Phi) is 1.46. The van der Waals surface area contributed by atoms with Crippen LogP contribution in [0.15, 0.2) is 27.8 Å². The molecule has 1 aromatic carbocycles. The van der Waals surface area contributed by atoms with E-state index >= 15 is 0 Å². The number of hydrogen-bond donors (Lipinski definition) is 0. The molecule has 0 fully saturated rings. The fourth-order valence-corrected chi connectivity index (χ4v) is 1.53. The summed E-state index contributed by atoms with van der Waals surface area (Å²) in [5, 5.41) is 3.98. The van der Waals surface area contributed by atoms with E-state index in [-0.39, 0.29) is 0 Å². The van der Waals surface area contributed by atoms with E-state index in [1.165, 1.54) is 0 Å². The van der Waals surface area contributed by atoms with Crippen molar-refractivity contribution in [1.29, 1.82) is 0 Å². The number of rotatable bonds is 0. The Morgan fingerprint density at radius 1 is 1.36 bits per heavy atom. The molecule has 0 spiro atoms. The third-order valence-corrected chi connectivity index (χ3v) is 2.32. The smallest absolute Gasteiger partial charge is 0.109 e. The highest BCUT2D eigenvalue weighted by Crippen LogP contribution is 2.30. The number of halogens is 1. The van der Waals surface area contributed by atoms with Gasteiger partial charge in [-0.25, -0.2) is 0 Å². The molecule has 55 valence electrons. The molecule has 0 bridgehead atoms. The van der Waals surface area contributed by atoms with Crippen molar-refractivity contribution in [3.05, 3.63) is 28.2 Å². The largest absolute Gasteiger partial charge is 0.155 e. The van der Waals surface area contributed by atoms with E-state index in [4.69, 9.17) is 0 Å². The molecule has 11 heavy (non-hydrogen) atoms. The lowest BCUT2D eigenvalue weighted by molar-refractivity contribution is 0.981. The first-order valence-electron chi connectivity index (χ1n) is 3.33. The van der Waals surface area contributed by atoms with Gasteiger partial charge in [-0.1, -0.05) is 12.1 Å². The summed E-state index contributed by atoms with van der Waals surface area (Å²) in [6.07, 6.45) is 0. The molecule has 0 saturated carbocycles. The summed E-state index contributed by atoms with van der Waals surface area (Å²) in [5.41, 5.74) is 7.08. The van der Waals surface area contributed by atoms with Gasteiger partial charge in [-0.3, -0.25) is 0 Å². The second-order valence-corrected chi connectivity index (χ2v) is 3.28. The van der Waals surface area contributed by atoms with Crippen molar-refractivity contribution in [2.45, 2.75) is 6.92 Å². The SMILES string of the molecule is CC1=N[N]c2c(Br)cccc21. The maximum Gasteiger partial charge on any atom is 0.109 e. The Hall–Kier alpha value is -0.830. The molecule has 0 atom stereocenters. The molecule has 1 heterocycles. The Morgan fingerprint density at radius 3 is 2.91 bits per heavy atom. The van der Waals surface area contributed by atoms with Gasteiger partial charge in [0.15, 0.2) is 0 Å². The second kappa shape index (κ2) is 2.34. The average molecular weight is 210 g/mol. The molecule has 0 amide bonds. The molecule has 2 rings (SSSR count). The molecule has 0 saturated heterocycles. The Morgan fingerprint density at radius 2 is 2.18 bits per heavy atom. The summed E-state index contributed by atoms with van der Waals surface area (Å²) >= 11 is 3.41. The molecular formula is C8H6BrN2. The van der Waals surface area contributed by atoms with Gasteiger partial charge in [0.05, 0.1) is 5.71 Å². The highest BCUT2D eigenvalue weighted by atomic mass is 79.9. The normalized spacial score (nSPS) is 13.8. The lowest BCUT2D eigenvalue weighted by Gasteiger charge is -1.97. The van der Waals surface area contributed by atoms with Crippen LogP contribution in [0.5, 0.6) is 0 Å². The minimum Gasteiger partial charge on any atom is -0.155 e. The number of nitrogens with zero attached hydrogens (tertiary/aromatic N) is 2. The number of benzene rings is 1. The van der Waals surface area contributed by atoms with Gasteiger partial charge in [-0.15, -0.1) is 5.43 Å². The van der Waals surface area contributed by atoms with E-state index in [2.05, 4.69) is 26.5 Å². The minimum atomic E-state index is 0.949. The van der Waals surface area contributed by atoms with Gasteiger partial charge in [0.1, 0.15) is 5.69 Å². The zero-order chi connectivity index (χ0) is 7.84. The molecule has 1 aromatic rings. The standard InChI is InChI=1S/C8H6BrN2/c1-5-6-3-2-4-7(9)8(6)11-10-5/h2-4H,1H3. The van der Waals surface area contributed by atoms with Gasteiger partial charge in [0, 0.05) is 10.0 Å². The monoisotopic (exact) mass is 209 g/mol. The third kappa shape index (κ3) is 0.959. The average Bonchev–Trinajstić information content (AvgIpc) is 2.35. The van der Waals surface area contributed by atoms with Crippen molar-refractivity contribution in [2.24, 2.45) is 5.10 Å². The summed E-state index contributed by atoms with van der Waals surface area (Å²) in [4.78, 5) is 0. The topological polar surface area (TPSA) is 26.5 Å². The molecule has 1 aliphatic rings. The molecular weight excluding hydrogens is 204 g/mol. The van der Waals surface area contributed by atoms with Crippen molar-refractivity contribution < 1.29 is 0 Å². The van der Waals surface area contributed by atoms with Gasteiger partial charge in [-0.05, 0) is 28.9 Å². The fraction of sp³-hybridized carbons (Fsp3) is 0.125. The molecule has 3 heteroatoms. The van der Waals surface area contributed by atoms with Gasteiger partial charge in [0.2, 0.25) is 0 Å². The zero-order valence-electron chi connectivity index (χ0n) is 6.00. The minimum absolute atomic E-state index is 0.949. The van der Waals surface area contributed by atoms with Crippen LogP contribution in [0.2, 0.25) is 0 Å². The summed E-state index contributed by atoms with van der Waals surface area (Å²) in [6.45, 7) is 1.96. The maximum atomic E-state index is 4.02. The summed E-state index contributed by atoms with van der Waals surface area (Å²) in [6, 6.07) is 5.98. The summed E-state index contributed by atoms with van der Waals surface area (Å²) in [5.74, 6) is 0. The molecule has 2 nitrogen and oxygen atoms in total. The van der Waals surface area contributed by atoms with E-state index in [1.807, 2.05) is 25.1 Å². The first kappa shape index (κ1) is 6.85. The van der Waals surface area contributed by atoms with Crippen LogP contribution >= 0.6 is 15.9 Å². The maximum absolute atomic E-state index is 4.02. The predicted octanol–water partition coefficient (Wildman–Crippen LogP) is 2.42. The fourth-order valence-electron chi connectivity index (χ4n) is 1.09. The molecule has 0 aliphatic carbocycles. The molecule has 0 aromatic heterocycles. The quantitative estimate of drug-likeness (QED) is 0.628. The van der Waals surface area contributed by atoms with Crippen molar-refractivity contribution >= 4 is 27.3 Å². The van der Waals surface area contributed by atoms with Crippen molar-refractivity contribution in [1.82, 2.24) is 5.43 Å².